The molecule has 1 aliphatic rings. The van der Waals surface area contributed by atoms with Gasteiger partial charge in [0.05, 0.1) is 30.0 Å². The van der Waals surface area contributed by atoms with Crippen LogP contribution in [-0.4, -0.2) is 66.2 Å². The zero-order chi connectivity index (χ0) is 30.6. The molecule has 5 rings (SSSR count). The molecule has 0 radical (unpaired) electrons. The van der Waals surface area contributed by atoms with Gasteiger partial charge in [0.1, 0.15) is 0 Å². The minimum atomic E-state index is -4.78. The van der Waals surface area contributed by atoms with Crippen LogP contribution in [0.3, 0.4) is 0 Å². The third-order valence-corrected chi connectivity index (χ3v) is 7.06. The van der Waals surface area contributed by atoms with Crippen molar-refractivity contribution in [1.82, 2.24) is 20.2 Å². The molecule has 3 aromatic carbocycles. The van der Waals surface area contributed by atoms with Crippen LogP contribution in [0.15, 0.2) is 60.8 Å². The second-order valence-electron chi connectivity index (χ2n) is 10.1. The molecule has 1 fully saturated rings. The Labute approximate surface area is 245 Å². The maximum atomic E-state index is 13.9. The average Bonchev–Trinajstić information content (AvgIpc) is 2.98. The van der Waals surface area contributed by atoms with E-state index in [0.717, 1.165) is 47.3 Å². The molecule has 0 aliphatic carbocycles. The number of nitrogens with one attached hydrogen (secondary N) is 3. The van der Waals surface area contributed by atoms with Crippen molar-refractivity contribution >= 4 is 40.2 Å². The fourth-order valence-electron chi connectivity index (χ4n) is 4.78. The molecule has 0 spiro atoms. The van der Waals surface area contributed by atoms with Gasteiger partial charge in [-0.1, -0.05) is 12.1 Å². The first-order valence-electron chi connectivity index (χ1n) is 13.6. The largest absolute Gasteiger partial charge is 0.418 e. The topological polar surface area (TPSA) is 134 Å². The van der Waals surface area contributed by atoms with Crippen molar-refractivity contribution in [1.29, 1.82) is 0 Å². The number of amides is 3. The molecule has 1 aliphatic heterocycles. The molecule has 0 atom stereocenters. The van der Waals surface area contributed by atoms with Crippen molar-refractivity contribution in [2.45, 2.75) is 13.1 Å². The van der Waals surface area contributed by atoms with Gasteiger partial charge in [-0.3, -0.25) is 9.69 Å². The van der Waals surface area contributed by atoms with Crippen molar-refractivity contribution in [2.24, 2.45) is 0 Å². The molecule has 43 heavy (non-hydrogen) atoms. The van der Waals surface area contributed by atoms with Gasteiger partial charge in [0, 0.05) is 49.0 Å². The highest BCUT2D eigenvalue weighted by Crippen LogP contribution is 2.37. The number of urea groups is 1. The molecule has 4 aromatic rings. The van der Waals surface area contributed by atoms with Crippen LogP contribution in [0.25, 0.3) is 22.0 Å². The zero-order valence-corrected chi connectivity index (χ0v) is 23.3. The van der Waals surface area contributed by atoms with Crippen LogP contribution in [-0.2, 0) is 10.9 Å². The van der Waals surface area contributed by atoms with Crippen LogP contribution in [0.5, 0.6) is 0 Å². The van der Waals surface area contributed by atoms with E-state index in [1.54, 1.807) is 30.5 Å². The van der Waals surface area contributed by atoms with Crippen molar-refractivity contribution in [3.05, 3.63) is 77.5 Å². The number of alkyl halides is 3. The average molecular weight is 594 g/mol. The second-order valence-corrected chi connectivity index (χ2v) is 10.1. The number of nitrogens with zero attached hydrogens (tertiary/aromatic N) is 3. The Hall–Kier alpha value is -4.75. The van der Waals surface area contributed by atoms with Gasteiger partial charge in [-0.2, -0.15) is 13.2 Å². The van der Waals surface area contributed by atoms with Gasteiger partial charge in [0.15, 0.2) is 0 Å². The molecule has 13 heteroatoms. The van der Waals surface area contributed by atoms with Gasteiger partial charge in [-0.25, -0.2) is 14.8 Å². The van der Waals surface area contributed by atoms with E-state index in [0.29, 0.717) is 25.3 Å². The van der Waals surface area contributed by atoms with Crippen LogP contribution < -0.4 is 21.7 Å². The standard InChI is InChI=1S/C30H30F3N7O3/c1-18-2-3-20(15-23(18)19-4-6-25-21(14-19)17-36-28(34)38-25)27(41)37-22-5-7-26(24(16-22)30(31,32)33)39-29(42)35-8-9-40-10-12-43-13-11-40/h2-7,14-17H,8-13H2,1H3,(H,37,41)(H2,34,36,38)(H2,35,39,42). The Balaban J connectivity index is 1.29. The van der Waals surface area contributed by atoms with Gasteiger partial charge < -0.3 is 26.4 Å². The van der Waals surface area contributed by atoms with E-state index in [2.05, 4.69) is 30.8 Å². The molecule has 5 N–H and O–H groups in total. The summed E-state index contributed by atoms with van der Waals surface area (Å²) in [6, 6.07) is 13.0. The lowest BCUT2D eigenvalue weighted by Gasteiger charge is -2.26. The Morgan fingerprint density at radius 3 is 2.58 bits per heavy atom. The SMILES string of the molecule is Cc1ccc(C(=O)Nc2ccc(NC(=O)NCCN3CCOCC3)c(C(F)(F)F)c2)cc1-c1ccc2nc(N)ncc2c1. The second kappa shape index (κ2) is 12.6. The highest BCUT2D eigenvalue weighted by Gasteiger charge is 2.34. The van der Waals surface area contributed by atoms with E-state index in [4.69, 9.17) is 10.5 Å². The summed E-state index contributed by atoms with van der Waals surface area (Å²) < 4.78 is 47.1. The number of hydrogen-bond acceptors (Lipinski definition) is 7. The highest BCUT2D eigenvalue weighted by atomic mass is 19.4. The van der Waals surface area contributed by atoms with Gasteiger partial charge in [0.25, 0.3) is 5.91 Å². The highest BCUT2D eigenvalue weighted by molar-refractivity contribution is 6.05. The summed E-state index contributed by atoms with van der Waals surface area (Å²) in [7, 11) is 0. The predicted molar refractivity (Wildman–Crippen MR) is 158 cm³/mol. The number of anilines is 3. The summed E-state index contributed by atoms with van der Waals surface area (Å²) in [6.07, 6.45) is -3.17. The molecule has 0 unspecified atom stereocenters. The van der Waals surface area contributed by atoms with E-state index in [1.165, 1.54) is 6.07 Å². The third kappa shape index (κ3) is 7.37. The minimum absolute atomic E-state index is 0.0711. The number of ether oxygens (including phenoxy) is 1. The van der Waals surface area contributed by atoms with Crippen molar-refractivity contribution in [3.63, 3.8) is 0 Å². The Bertz CT molecular complexity index is 1660. The van der Waals surface area contributed by atoms with E-state index in [9.17, 15) is 22.8 Å². The monoisotopic (exact) mass is 593 g/mol. The summed E-state index contributed by atoms with van der Waals surface area (Å²) in [5.74, 6) is -0.428. The number of aryl methyl sites for hydroxylation is 1. The molecule has 0 saturated carbocycles. The van der Waals surface area contributed by atoms with E-state index >= 15 is 0 Å². The number of halogens is 3. The maximum Gasteiger partial charge on any atom is 0.418 e. The van der Waals surface area contributed by atoms with E-state index < -0.39 is 29.4 Å². The molecule has 2 heterocycles. The lowest BCUT2D eigenvalue weighted by molar-refractivity contribution is -0.136. The molecular formula is C30H30F3N7O3. The van der Waals surface area contributed by atoms with Gasteiger partial charge in [-0.05, 0) is 66.1 Å². The minimum Gasteiger partial charge on any atom is -0.379 e. The first-order valence-corrected chi connectivity index (χ1v) is 13.6. The zero-order valence-electron chi connectivity index (χ0n) is 23.3. The molecular weight excluding hydrogens is 563 g/mol. The summed E-state index contributed by atoms with van der Waals surface area (Å²) in [5, 5.41) is 8.15. The van der Waals surface area contributed by atoms with Crippen molar-refractivity contribution in [3.8, 4) is 11.1 Å². The quantitative estimate of drug-likeness (QED) is 0.239. The summed E-state index contributed by atoms with van der Waals surface area (Å²) in [6.45, 7) is 5.37. The van der Waals surface area contributed by atoms with Crippen molar-refractivity contribution in [2.75, 3.05) is 55.8 Å². The molecule has 1 saturated heterocycles. The van der Waals surface area contributed by atoms with Crippen LogP contribution in [0.4, 0.5) is 35.3 Å². The first-order chi connectivity index (χ1) is 20.6. The first kappa shape index (κ1) is 29.7. The van der Waals surface area contributed by atoms with Gasteiger partial charge in [0.2, 0.25) is 5.95 Å². The lowest BCUT2D eigenvalue weighted by Crippen LogP contribution is -2.42. The Morgan fingerprint density at radius 2 is 1.81 bits per heavy atom. The van der Waals surface area contributed by atoms with Gasteiger partial charge in [-0.15, -0.1) is 0 Å². The normalized spacial score (nSPS) is 14.0. The summed E-state index contributed by atoms with van der Waals surface area (Å²) >= 11 is 0. The number of benzene rings is 3. The summed E-state index contributed by atoms with van der Waals surface area (Å²) in [4.78, 5) is 35.7. The number of fused-ring (bicyclic) bond motifs is 1. The number of nitrogens with two attached hydrogens (primary N) is 1. The summed E-state index contributed by atoms with van der Waals surface area (Å²) in [5.41, 5.74) is 7.48. The van der Waals surface area contributed by atoms with E-state index in [1.807, 2.05) is 19.1 Å². The smallest absolute Gasteiger partial charge is 0.379 e. The maximum absolute atomic E-state index is 13.9. The van der Waals surface area contributed by atoms with E-state index in [-0.39, 0.29) is 23.7 Å². The molecule has 0 bridgehead atoms. The van der Waals surface area contributed by atoms with Crippen LogP contribution >= 0.6 is 0 Å². The Kier molecular flexibility index (Phi) is 8.73. The number of carbonyl (C=O) groups is 2. The number of hydrogen-bond donors (Lipinski definition) is 4. The van der Waals surface area contributed by atoms with Crippen LogP contribution in [0.1, 0.15) is 21.5 Å². The molecule has 10 nitrogen and oxygen atoms in total. The van der Waals surface area contributed by atoms with Gasteiger partial charge >= 0.3 is 12.2 Å². The number of morpholine rings is 1. The fraction of sp³-hybridized carbons (Fsp3) is 0.267. The lowest BCUT2D eigenvalue weighted by atomic mass is 9.97. The van der Waals surface area contributed by atoms with Crippen LogP contribution in [0, 0.1) is 6.92 Å². The number of carbonyl (C=O) groups excluding carboxylic acids is 2. The molecule has 224 valence electrons. The van der Waals surface area contributed by atoms with Crippen molar-refractivity contribution < 1.29 is 27.5 Å². The van der Waals surface area contributed by atoms with Crippen LogP contribution in [0.2, 0.25) is 0 Å². The number of rotatable bonds is 7. The third-order valence-electron chi connectivity index (χ3n) is 7.06. The molecule has 1 aromatic heterocycles. The fourth-order valence-corrected chi connectivity index (χ4v) is 4.78. The predicted octanol–water partition coefficient (Wildman–Crippen LogP) is 4.91. The number of aromatic nitrogens is 2. The Morgan fingerprint density at radius 1 is 1.02 bits per heavy atom. The molecule has 3 amide bonds. The number of nitrogen functional groups attached to an aromatic ring is 1.